The van der Waals surface area contributed by atoms with Gasteiger partial charge in [-0.05, 0) is 24.3 Å². The van der Waals surface area contributed by atoms with E-state index in [1.807, 2.05) is 18.2 Å². The van der Waals surface area contributed by atoms with Crippen LogP contribution >= 0.6 is 11.3 Å². The van der Waals surface area contributed by atoms with Crippen molar-refractivity contribution in [3.63, 3.8) is 0 Å². The van der Waals surface area contributed by atoms with Gasteiger partial charge in [-0.1, -0.05) is 0 Å². The van der Waals surface area contributed by atoms with E-state index in [1.165, 1.54) is 30.6 Å². The smallest absolute Gasteiger partial charge is 0.273 e. The van der Waals surface area contributed by atoms with Crippen LogP contribution in [-0.2, 0) is 0 Å². The molecule has 3 rings (SSSR count). The molecule has 0 aliphatic carbocycles. The van der Waals surface area contributed by atoms with E-state index in [1.54, 1.807) is 13.2 Å². The van der Waals surface area contributed by atoms with E-state index in [0.717, 1.165) is 26.5 Å². The molecule has 112 valence electrons. The van der Waals surface area contributed by atoms with Crippen LogP contribution in [0.15, 0.2) is 36.4 Å². The Balaban J connectivity index is 2.12. The van der Waals surface area contributed by atoms with Crippen LogP contribution in [0.3, 0.4) is 0 Å². The van der Waals surface area contributed by atoms with Gasteiger partial charge in [0.25, 0.3) is 5.69 Å². The Hall–Kier alpha value is -2.67. The second-order valence-corrected chi connectivity index (χ2v) is 5.53. The maximum atomic E-state index is 10.9. The van der Waals surface area contributed by atoms with Crippen molar-refractivity contribution in [2.75, 3.05) is 14.2 Å². The molecule has 0 aliphatic rings. The summed E-state index contributed by atoms with van der Waals surface area (Å²) < 4.78 is 11.5. The highest BCUT2D eigenvalue weighted by atomic mass is 32.1. The molecule has 0 saturated heterocycles. The van der Waals surface area contributed by atoms with Gasteiger partial charge in [-0.25, -0.2) is 4.98 Å². The number of ether oxygens (including phenoxy) is 2. The molecular formula is C15H12N2O4S. The zero-order chi connectivity index (χ0) is 15.7. The van der Waals surface area contributed by atoms with Gasteiger partial charge in [0.2, 0.25) is 0 Å². The Morgan fingerprint density at radius 1 is 1.14 bits per heavy atom. The molecule has 22 heavy (non-hydrogen) atoms. The van der Waals surface area contributed by atoms with Crippen molar-refractivity contribution < 1.29 is 14.4 Å². The van der Waals surface area contributed by atoms with Gasteiger partial charge in [0, 0.05) is 6.07 Å². The molecule has 0 atom stereocenters. The zero-order valence-electron chi connectivity index (χ0n) is 11.9. The molecule has 6 nitrogen and oxygen atoms in total. The van der Waals surface area contributed by atoms with Crippen molar-refractivity contribution in [2.45, 2.75) is 0 Å². The molecule has 1 heterocycles. The third kappa shape index (κ3) is 2.46. The van der Waals surface area contributed by atoms with Gasteiger partial charge in [0.1, 0.15) is 16.5 Å². The fraction of sp³-hybridized carbons (Fsp3) is 0.133. The summed E-state index contributed by atoms with van der Waals surface area (Å²) in [6.45, 7) is 0. The van der Waals surface area contributed by atoms with E-state index in [-0.39, 0.29) is 5.69 Å². The summed E-state index contributed by atoms with van der Waals surface area (Å²) in [5.74, 6) is 1.19. The Morgan fingerprint density at radius 2 is 1.95 bits per heavy atom. The average Bonchev–Trinajstić information content (AvgIpc) is 2.96. The normalized spacial score (nSPS) is 10.6. The first-order chi connectivity index (χ1) is 10.6. The summed E-state index contributed by atoms with van der Waals surface area (Å²) in [7, 11) is 3.10. The Morgan fingerprint density at radius 3 is 2.64 bits per heavy atom. The summed E-state index contributed by atoms with van der Waals surface area (Å²) in [4.78, 5) is 15.0. The van der Waals surface area contributed by atoms with Gasteiger partial charge in [-0.15, -0.1) is 11.3 Å². The van der Waals surface area contributed by atoms with Crippen LogP contribution < -0.4 is 9.47 Å². The second kappa shape index (κ2) is 5.61. The minimum Gasteiger partial charge on any atom is -0.497 e. The highest BCUT2D eigenvalue weighted by molar-refractivity contribution is 7.21. The molecule has 0 bridgehead atoms. The first-order valence-electron chi connectivity index (χ1n) is 6.40. The largest absolute Gasteiger partial charge is 0.497 e. The molecule has 0 fully saturated rings. The molecule has 0 spiro atoms. The summed E-state index contributed by atoms with van der Waals surface area (Å²) in [5, 5.41) is 11.6. The highest BCUT2D eigenvalue weighted by Crippen LogP contribution is 2.38. The first kappa shape index (κ1) is 14.3. The number of rotatable bonds is 4. The number of benzene rings is 2. The highest BCUT2D eigenvalue weighted by Gasteiger charge is 2.16. The van der Waals surface area contributed by atoms with Gasteiger partial charge in [0.15, 0.2) is 0 Å². The SMILES string of the molecule is COc1ccc2nc(-c3ccc([N+](=O)[O-])cc3OC)sc2c1. The van der Waals surface area contributed by atoms with E-state index >= 15 is 0 Å². The van der Waals surface area contributed by atoms with E-state index in [2.05, 4.69) is 4.98 Å². The molecule has 0 saturated carbocycles. The van der Waals surface area contributed by atoms with E-state index < -0.39 is 4.92 Å². The van der Waals surface area contributed by atoms with E-state index in [4.69, 9.17) is 9.47 Å². The van der Waals surface area contributed by atoms with Crippen LogP contribution in [-0.4, -0.2) is 24.1 Å². The fourth-order valence-corrected chi connectivity index (χ4v) is 3.14. The molecule has 0 N–H and O–H groups in total. The molecular weight excluding hydrogens is 304 g/mol. The summed E-state index contributed by atoms with van der Waals surface area (Å²) >= 11 is 1.48. The van der Waals surface area contributed by atoms with Crippen molar-refractivity contribution in [1.29, 1.82) is 0 Å². The summed E-state index contributed by atoms with van der Waals surface area (Å²) in [5.41, 5.74) is 1.57. The van der Waals surface area contributed by atoms with Crippen LogP contribution in [0.1, 0.15) is 0 Å². The Labute approximate surface area is 130 Å². The van der Waals surface area contributed by atoms with Crippen LogP contribution in [0.25, 0.3) is 20.8 Å². The summed E-state index contributed by atoms with van der Waals surface area (Å²) in [6, 6.07) is 10.2. The topological polar surface area (TPSA) is 74.5 Å². The number of nitro benzene ring substituents is 1. The lowest BCUT2D eigenvalue weighted by Crippen LogP contribution is -1.92. The Kier molecular flexibility index (Phi) is 3.64. The van der Waals surface area contributed by atoms with Crippen molar-refractivity contribution in [3.8, 4) is 22.1 Å². The third-order valence-electron chi connectivity index (χ3n) is 3.22. The number of methoxy groups -OCH3 is 2. The Bertz CT molecular complexity index is 860. The number of hydrogen-bond donors (Lipinski definition) is 0. The number of hydrogen-bond acceptors (Lipinski definition) is 6. The lowest BCUT2D eigenvalue weighted by atomic mass is 10.2. The number of non-ortho nitro benzene ring substituents is 1. The number of aromatic nitrogens is 1. The molecule has 0 aliphatic heterocycles. The van der Waals surface area contributed by atoms with Crippen molar-refractivity contribution in [3.05, 3.63) is 46.5 Å². The second-order valence-electron chi connectivity index (χ2n) is 4.49. The number of nitrogens with zero attached hydrogens (tertiary/aromatic N) is 2. The molecule has 0 amide bonds. The maximum Gasteiger partial charge on any atom is 0.273 e. The number of fused-ring (bicyclic) bond motifs is 1. The van der Waals surface area contributed by atoms with Gasteiger partial charge in [-0.2, -0.15) is 0 Å². The summed E-state index contributed by atoms with van der Waals surface area (Å²) in [6.07, 6.45) is 0. The third-order valence-corrected chi connectivity index (χ3v) is 4.27. The molecule has 1 aromatic heterocycles. The van der Waals surface area contributed by atoms with Gasteiger partial charge >= 0.3 is 0 Å². The van der Waals surface area contributed by atoms with E-state index in [9.17, 15) is 10.1 Å². The minimum atomic E-state index is -0.449. The molecule has 7 heteroatoms. The monoisotopic (exact) mass is 316 g/mol. The average molecular weight is 316 g/mol. The van der Waals surface area contributed by atoms with E-state index in [0.29, 0.717) is 5.75 Å². The lowest BCUT2D eigenvalue weighted by molar-refractivity contribution is -0.384. The molecule has 2 aromatic carbocycles. The van der Waals surface area contributed by atoms with Crippen molar-refractivity contribution in [1.82, 2.24) is 4.98 Å². The molecule has 0 radical (unpaired) electrons. The predicted octanol–water partition coefficient (Wildman–Crippen LogP) is 3.89. The van der Waals surface area contributed by atoms with Crippen LogP contribution in [0.5, 0.6) is 11.5 Å². The van der Waals surface area contributed by atoms with Gasteiger partial charge in [0.05, 0.1) is 41.0 Å². The molecule has 3 aromatic rings. The first-order valence-corrected chi connectivity index (χ1v) is 7.21. The van der Waals surface area contributed by atoms with Crippen LogP contribution in [0, 0.1) is 10.1 Å². The van der Waals surface area contributed by atoms with Gasteiger partial charge in [-0.3, -0.25) is 10.1 Å². The van der Waals surface area contributed by atoms with Crippen LogP contribution in [0.2, 0.25) is 0 Å². The standard InChI is InChI=1S/C15H12N2O4S/c1-20-10-4-6-12-14(8-10)22-15(16-12)11-5-3-9(17(18)19)7-13(11)21-2/h3-8H,1-2H3. The number of nitro groups is 1. The van der Waals surface area contributed by atoms with Gasteiger partial charge < -0.3 is 9.47 Å². The maximum absolute atomic E-state index is 10.9. The predicted molar refractivity (Wildman–Crippen MR) is 84.8 cm³/mol. The lowest BCUT2D eigenvalue weighted by Gasteiger charge is -2.05. The van der Waals surface area contributed by atoms with Crippen LogP contribution in [0.4, 0.5) is 5.69 Å². The quantitative estimate of drug-likeness (QED) is 0.539. The number of thiazole rings is 1. The minimum absolute atomic E-state index is 0.0108. The van der Waals surface area contributed by atoms with Crippen molar-refractivity contribution in [2.24, 2.45) is 0 Å². The fourth-order valence-electron chi connectivity index (χ4n) is 2.12. The van der Waals surface area contributed by atoms with Crippen molar-refractivity contribution >= 4 is 27.2 Å². The zero-order valence-corrected chi connectivity index (χ0v) is 12.7. The molecule has 0 unspecified atom stereocenters.